The van der Waals surface area contributed by atoms with Gasteiger partial charge in [-0.3, -0.25) is 10.1 Å². The van der Waals surface area contributed by atoms with Gasteiger partial charge in [0.15, 0.2) is 0 Å². The molecule has 0 atom stereocenters. The first-order valence-corrected chi connectivity index (χ1v) is 7.63. The van der Waals surface area contributed by atoms with E-state index in [1.165, 1.54) is 12.1 Å². The summed E-state index contributed by atoms with van der Waals surface area (Å²) in [6.07, 6.45) is 0. The highest BCUT2D eigenvalue weighted by molar-refractivity contribution is 9.10. The average Bonchev–Trinajstić information content (AvgIpc) is 2.46. The first-order valence-electron chi connectivity index (χ1n) is 6.30. The van der Waals surface area contributed by atoms with E-state index in [1.807, 2.05) is 36.2 Å². The molecule has 2 rings (SSSR count). The third-order valence-corrected chi connectivity index (χ3v) is 3.92. The van der Waals surface area contributed by atoms with Crippen LogP contribution in [0, 0.1) is 10.1 Å². The van der Waals surface area contributed by atoms with Crippen LogP contribution in [0.15, 0.2) is 46.9 Å². The summed E-state index contributed by atoms with van der Waals surface area (Å²) in [7, 11) is 1.94. The van der Waals surface area contributed by atoms with Gasteiger partial charge in [0, 0.05) is 41.8 Å². The predicted octanol–water partition coefficient (Wildman–Crippen LogP) is 4.73. The van der Waals surface area contributed by atoms with E-state index in [4.69, 9.17) is 11.6 Å². The molecule has 6 heteroatoms. The van der Waals surface area contributed by atoms with Crippen LogP contribution in [0.4, 0.5) is 11.4 Å². The third-order valence-electron chi connectivity index (χ3n) is 3.14. The van der Waals surface area contributed by atoms with Crippen LogP contribution in [0.2, 0.25) is 0 Å². The molecule has 0 aromatic heterocycles. The zero-order valence-electron chi connectivity index (χ0n) is 11.4. The highest BCUT2D eigenvalue weighted by atomic mass is 79.9. The summed E-state index contributed by atoms with van der Waals surface area (Å²) in [5.74, 6) is 0.236. The third kappa shape index (κ3) is 3.95. The number of halogens is 2. The second-order valence-corrected chi connectivity index (χ2v) is 5.87. The summed E-state index contributed by atoms with van der Waals surface area (Å²) in [6, 6.07) is 12.8. The Morgan fingerprint density at radius 2 is 2.05 bits per heavy atom. The van der Waals surface area contributed by atoms with Crippen molar-refractivity contribution in [3.8, 4) is 0 Å². The molecule has 2 aromatic rings. The van der Waals surface area contributed by atoms with E-state index in [2.05, 4.69) is 15.9 Å². The van der Waals surface area contributed by atoms with Crippen molar-refractivity contribution in [2.24, 2.45) is 0 Å². The number of nitrogens with zero attached hydrogens (tertiary/aromatic N) is 2. The molecule has 21 heavy (non-hydrogen) atoms. The van der Waals surface area contributed by atoms with Gasteiger partial charge in [0.1, 0.15) is 0 Å². The van der Waals surface area contributed by atoms with Crippen LogP contribution in [-0.2, 0) is 12.4 Å². The minimum Gasteiger partial charge on any atom is -0.370 e. The fraction of sp³-hybridized carbons (Fsp3) is 0.200. The first-order chi connectivity index (χ1) is 10.0. The number of alkyl halides is 1. The summed E-state index contributed by atoms with van der Waals surface area (Å²) in [4.78, 5) is 12.4. The predicted molar refractivity (Wildman–Crippen MR) is 88.9 cm³/mol. The average molecular weight is 370 g/mol. The van der Waals surface area contributed by atoms with E-state index in [-0.39, 0.29) is 11.6 Å². The highest BCUT2D eigenvalue weighted by Crippen LogP contribution is 2.27. The normalized spacial score (nSPS) is 10.4. The molecule has 0 heterocycles. The molecule has 4 nitrogen and oxygen atoms in total. The highest BCUT2D eigenvalue weighted by Gasteiger charge is 2.13. The Balaban J connectivity index is 2.26. The molecule has 0 aliphatic rings. The van der Waals surface area contributed by atoms with Crippen LogP contribution in [0.3, 0.4) is 0 Å². The second-order valence-electron chi connectivity index (χ2n) is 4.69. The molecule has 110 valence electrons. The Morgan fingerprint density at radius 1 is 1.29 bits per heavy atom. The number of nitro benzene ring substituents is 1. The van der Waals surface area contributed by atoms with Crippen LogP contribution in [0.25, 0.3) is 0 Å². The van der Waals surface area contributed by atoms with Crippen molar-refractivity contribution in [1.29, 1.82) is 0 Å². The minimum atomic E-state index is -0.409. The van der Waals surface area contributed by atoms with Gasteiger partial charge in [-0.15, -0.1) is 11.6 Å². The maximum absolute atomic E-state index is 10.8. The van der Waals surface area contributed by atoms with Gasteiger partial charge >= 0.3 is 0 Å². The lowest BCUT2D eigenvalue weighted by Gasteiger charge is -2.22. The molecule has 0 unspecified atom stereocenters. The number of anilines is 1. The van der Waals surface area contributed by atoms with E-state index >= 15 is 0 Å². The maximum Gasteiger partial charge on any atom is 0.269 e. The number of nitro groups is 1. The van der Waals surface area contributed by atoms with Gasteiger partial charge in [-0.25, -0.2) is 0 Å². The number of hydrogen-bond donors (Lipinski definition) is 0. The summed E-state index contributed by atoms with van der Waals surface area (Å²) in [5, 5.41) is 10.8. The zero-order valence-corrected chi connectivity index (χ0v) is 13.8. The molecule has 0 spiro atoms. The lowest BCUT2D eigenvalue weighted by Crippen LogP contribution is -2.17. The molecule has 0 saturated carbocycles. The molecule has 0 fully saturated rings. The minimum absolute atomic E-state index is 0.0604. The van der Waals surface area contributed by atoms with E-state index in [0.29, 0.717) is 6.54 Å². The Bertz CT molecular complexity index is 664. The van der Waals surface area contributed by atoms with Crippen LogP contribution >= 0.6 is 27.5 Å². The fourth-order valence-corrected chi connectivity index (χ4v) is 2.82. The van der Waals surface area contributed by atoms with Gasteiger partial charge in [-0.05, 0) is 29.3 Å². The monoisotopic (exact) mass is 368 g/mol. The van der Waals surface area contributed by atoms with Gasteiger partial charge in [-0.2, -0.15) is 0 Å². The number of benzene rings is 2. The summed E-state index contributed by atoms with van der Waals surface area (Å²) in [6.45, 7) is 0.696. The molecule has 0 N–H and O–H groups in total. The summed E-state index contributed by atoms with van der Waals surface area (Å²) in [5.41, 5.74) is 2.86. The maximum atomic E-state index is 10.8. The van der Waals surface area contributed by atoms with Gasteiger partial charge in [0.05, 0.1) is 4.92 Å². The van der Waals surface area contributed by atoms with Crippen molar-refractivity contribution < 1.29 is 4.92 Å². The Morgan fingerprint density at radius 3 is 2.67 bits per heavy atom. The van der Waals surface area contributed by atoms with Gasteiger partial charge in [-0.1, -0.05) is 28.1 Å². The molecule has 0 aliphatic carbocycles. The lowest BCUT2D eigenvalue weighted by molar-refractivity contribution is -0.384. The van der Waals surface area contributed by atoms with Crippen LogP contribution in [0.5, 0.6) is 0 Å². The Kier molecular flexibility index (Phi) is 5.20. The van der Waals surface area contributed by atoms with Crippen molar-refractivity contribution >= 4 is 38.9 Å². The van der Waals surface area contributed by atoms with Crippen molar-refractivity contribution in [3.63, 3.8) is 0 Å². The van der Waals surface area contributed by atoms with E-state index in [9.17, 15) is 10.1 Å². The molecular formula is C15H14BrClN2O2. The topological polar surface area (TPSA) is 46.4 Å². The largest absolute Gasteiger partial charge is 0.370 e. The molecule has 0 aliphatic heterocycles. The second kappa shape index (κ2) is 6.91. The fourth-order valence-electron chi connectivity index (χ4n) is 2.16. The van der Waals surface area contributed by atoms with E-state index < -0.39 is 4.92 Å². The summed E-state index contributed by atoms with van der Waals surface area (Å²) >= 11 is 9.37. The van der Waals surface area contributed by atoms with Crippen LogP contribution in [0.1, 0.15) is 11.1 Å². The van der Waals surface area contributed by atoms with E-state index in [1.54, 1.807) is 6.07 Å². The number of hydrogen-bond acceptors (Lipinski definition) is 3. The molecule has 0 amide bonds. The van der Waals surface area contributed by atoms with Crippen molar-refractivity contribution in [3.05, 3.63) is 68.2 Å². The molecule has 0 saturated heterocycles. The molecular weight excluding hydrogens is 356 g/mol. The standard InChI is InChI=1S/C15H14BrClN2O2/c1-18(10-11-3-2-4-13(16)7-11)15-6-5-14(19(20)21)8-12(15)9-17/h2-8H,9-10H2,1H3. The quantitative estimate of drug-likeness (QED) is 0.435. The van der Waals surface area contributed by atoms with Gasteiger partial charge in [0.25, 0.3) is 5.69 Å². The van der Waals surface area contributed by atoms with Crippen LogP contribution < -0.4 is 4.90 Å². The van der Waals surface area contributed by atoms with Crippen LogP contribution in [-0.4, -0.2) is 12.0 Å². The molecule has 0 radical (unpaired) electrons. The molecule has 0 bridgehead atoms. The Labute approximate surface area is 136 Å². The van der Waals surface area contributed by atoms with Gasteiger partial charge in [0.2, 0.25) is 0 Å². The SMILES string of the molecule is CN(Cc1cccc(Br)c1)c1ccc([N+](=O)[O-])cc1CCl. The molecule has 2 aromatic carbocycles. The van der Waals surface area contributed by atoms with Crippen molar-refractivity contribution in [2.75, 3.05) is 11.9 Å². The lowest BCUT2D eigenvalue weighted by atomic mass is 10.1. The van der Waals surface area contributed by atoms with Crippen molar-refractivity contribution in [1.82, 2.24) is 0 Å². The smallest absolute Gasteiger partial charge is 0.269 e. The van der Waals surface area contributed by atoms with Crippen molar-refractivity contribution in [2.45, 2.75) is 12.4 Å². The number of rotatable bonds is 5. The summed E-state index contributed by atoms with van der Waals surface area (Å²) < 4.78 is 1.02. The number of non-ortho nitro benzene ring substituents is 1. The zero-order chi connectivity index (χ0) is 15.4. The Hall–Kier alpha value is -1.59. The van der Waals surface area contributed by atoms with E-state index in [0.717, 1.165) is 21.3 Å². The first kappa shape index (κ1) is 15.8. The van der Waals surface area contributed by atoms with Gasteiger partial charge < -0.3 is 4.90 Å².